The van der Waals surface area contributed by atoms with Crippen molar-refractivity contribution in [3.8, 4) is 16.9 Å². The average molecular weight is 324 g/mol. The summed E-state index contributed by atoms with van der Waals surface area (Å²) in [6, 6.07) is 12.9. The van der Waals surface area contributed by atoms with Gasteiger partial charge in [-0.25, -0.2) is 9.18 Å². The fourth-order valence-electron chi connectivity index (χ4n) is 2.32. The summed E-state index contributed by atoms with van der Waals surface area (Å²) in [4.78, 5) is 12.2. The van der Waals surface area contributed by atoms with Crippen LogP contribution in [-0.2, 0) is 0 Å². The van der Waals surface area contributed by atoms with Gasteiger partial charge in [0.1, 0.15) is 23.8 Å². The van der Waals surface area contributed by atoms with Crippen molar-refractivity contribution in [1.82, 2.24) is 0 Å². The van der Waals surface area contributed by atoms with Crippen LogP contribution >= 0.6 is 0 Å². The minimum Gasteiger partial charge on any atom is -0.489 e. The van der Waals surface area contributed by atoms with Gasteiger partial charge in [0.25, 0.3) is 0 Å². The molecule has 3 rings (SSSR count). The first kappa shape index (κ1) is 16.0. The second-order valence-electron chi connectivity index (χ2n) is 5.75. The number of hydrogen-bond donors (Lipinski definition) is 0. The van der Waals surface area contributed by atoms with Crippen molar-refractivity contribution in [1.29, 1.82) is 0 Å². The molecule has 122 valence electrons. The summed E-state index contributed by atoms with van der Waals surface area (Å²) < 4.78 is 24.0. The molecule has 3 nitrogen and oxygen atoms in total. The predicted molar refractivity (Wildman–Crippen MR) is 92.8 cm³/mol. The fourth-order valence-corrected chi connectivity index (χ4v) is 2.32. The zero-order valence-electron chi connectivity index (χ0n) is 13.5. The molecule has 0 unspecified atom stereocenters. The number of fused-ring (bicyclic) bond motifs is 1. The number of hydrogen-bond acceptors (Lipinski definition) is 3. The third-order valence-corrected chi connectivity index (χ3v) is 3.60. The molecule has 0 amide bonds. The van der Waals surface area contributed by atoms with Gasteiger partial charge in [-0.1, -0.05) is 17.7 Å². The topological polar surface area (TPSA) is 39.4 Å². The summed E-state index contributed by atoms with van der Waals surface area (Å²) in [5.41, 5.74) is 2.19. The second-order valence-corrected chi connectivity index (χ2v) is 5.75. The van der Waals surface area contributed by atoms with Crippen molar-refractivity contribution in [3.63, 3.8) is 0 Å². The molecule has 0 fully saturated rings. The summed E-state index contributed by atoms with van der Waals surface area (Å²) in [5.74, 6) is 0.291. The van der Waals surface area contributed by atoms with Crippen LogP contribution < -0.4 is 10.4 Å². The van der Waals surface area contributed by atoms with Gasteiger partial charge in [0.05, 0.1) is 5.56 Å². The molecular weight excluding hydrogens is 307 g/mol. The van der Waals surface area contributed by atoms with Gasteiger partial charge >= 0.3 is 5.63 Å². The van der Waals surface area contributed by atoms with Crippen LogP contribution in [0, 0.1) is 5.82 Å². The van der Waals surface area contributed by atoms with Crippen molar-refractivity contribution in [2.75, 3.05) is 6.61 Å². The largest absolute Gasteiger partial charge is 0.489 e. The van der Waals surface area contributed by atoms with E-state index in [1.54, 1.807) is 24.3 Å². The van der Waals surface area contributed by atoms with E-state index in [1.807, 2.05) is 32.1 Å². The SMILES string of the molecule is CC(C)=CCOc1ccc2cc(-c3ccc(F)cc3)c(=O)oc2c1. The van der Waals surface area contributed by atoms with Gasteiger partial charge in [0.15, 0.2) is 0 Å². The van der Waals surface area contributed by atoms with Gasteiger partial charge in [-0.15, -0.1) is 0 Å². The van der Waals surface area contributed by atoms with E-state index in [1.165, 1.54) is 17.7 Å². The Morgan fingerprint density at radius 3 is 2.58 bits per heavy atom. The van der Waals surface area contributed by atoms with Crippen LogP contribution in [0.25, 0.3) is 22.1 Å². The molecule has 0 atom stereocenters. The molecule has 1 aromatic heterocycles. The molecule has 3 aromatic rings. The Kier molecular flexibility index (Phi) is 4.47. The Bertz CT molecular complexity index is 949. The first-order chi connectivity index (χ1) is 11.5. The van der Waals surface area contributed by atoms with Crippen LogP contribution in [0.3, 0.4) is 0 Å². The van der Waals surface area contributed by atoms with Crippen LogP contribution in [0.5, 0.6) is 5.75 Å². The van der Waals surface area contributed by atoms with Crippen molar-refractivity contribution in [3.05, 3.63) is 76.4 Å². The summed E-state index contributed by atoms with van der Waals surface area (Å²) in [7, 11) is 0. The minimum atomic E-state index is -0.462. The van der Waals surface area contributed by atoms with E-state index in [2.05, 4.69) is 0 Å². The fraction of sp³-hybridized carbons (Fsp3) is 0.150. The Labute approximate surface area is 139 Å². The van der Waals surface area contributed by atoms with Crippen LogP contribution in [-0.4, -0.2) is 6.61 Å². The lowest BCUT2D eigenvalue weighted by Crippen LogP contribution is -2.03. The molecule has 0 aliphatic heterocycles. The van der Waals surface area contributed by atoms with Crippen molar-refractivity contribution >= 4 is 11.0 Å². The third kappa shape index (κ3) is 3.54. The van der Waals surface area contributed by atoms with E-state index in [0.717, 1.165) is 5.39 Å². The predicted octanol–water partition coefficient (Wildman–Crippen LogP) is 4.94. The average Bonchev–Trinajstić information content (AvgIpc) is 2.55. The highest BCUT2D eigenvalue weighted by Crippen LogP contribution is 2.24. The number of ether oxygens (including phenoxy) is 1. The highest BCUT2D eigenvalue weighted by molar-refractivity contribution is 5.82. The Morgan fingerprint density at radius 1 is 1.12 bits per heavy atom. The van der Waals surface area contributed by atoms with Gasteiger partial charge in [-0.05, 0) is 55.8 Å². The molecule has 0 bridgehead atoms. The standard InChI is InChI=1S/C20H17FO3/c1-13(2)9-10-23-17-8-5-15-11-18(20(22)24-19(15)12-17)14-3-6-16(21)7-4-14/h3-9,11-12H,10H2,1-2H3. The molecule has 0 saturated carbocycles. The van der Waals surface area contributed by atoms with Crippen molar-refractivity contribution in [2.45, 2.75) is 13.8 Å². The van der Waals surface area contributed by atoms with E-state index in [9.17, 15) is 9.18 Å². The van der Waals surface area contributed by atoms with E-state index in [-0.39, 0.29) is 5.82 Å². The molecule has 0 radical (unpaired) electrons. The number of halogens is 1. The van der Waals surface area contributed by atoms with Crippen molar-refractivity contribution in [2.24, 2.45) is 0 Å². The molecule has 0 N–H and O–H groups in total. The third-order valence-electron chi connectivity index (χ3n) is 3.60. The highest BCUT2D eigenvalue weighted by Gasteiger charge is 2.09. The zero-order valence-corrected chi connectivity index (χ0v) is 13.5. The van der Waals surface area contributed by atoms with Crippen LogP contribution in [0.1, 0.15) is 13.8 Å². The van der Waals surface area contributed by atoms with Gasteiger partial charge < -0.3 is 9.15 Å². The molecule has 0 saturated heterocycles. The Hall–Kier alpha value is -2.88. The minimum absolute atomic E-state index is 0.345. The molecular formula is C20H17FO3. The van der Waals surface area contributed by atoms with Crippen LogP contribution in [0.2, 0.25) is 0 Å². The maximum absolute atomic E-state index is 13.0. The van der Waals surface area contributed by atoms with E-state index >= 15 is 0 Å². The molecule has 0 aliphatic rings. The van der Waals surface area contributed by atoms with Gasteiger partial charge in [-0.3, -0.25) is 0 Å². The molecule has 0 aliphatic carbocycles. The normalized spacial score (nSPS) is 10.6. The Morgan fingerprint density at radius 2 is 1.88 bits per heavy atom. The van der Waals surface area contributed by atoms with E-state index in [4.69, 9.17) is 9.15 Å². The molecule has 1 heterocycles. The monoisotopic (exact) mass is 324 g/mol. The smallest absolute Gasteiger partial charge is 0.344 e. The van der Waals surface area contributed by atoms with Gasteiger partial charge in [0, 0.05) is 11.5 Å². The number of allylic oxidation sites excluding steroid dienone is 1. The lowest BCUT2D eigenvalue weighted by atomic mass is 10.1. The lowest BCUT2D eigenvalue weighted by molar-refractivity contribution is 0.361. The molecule has 2 aromatic carbocycles. The van der Waals surface area contributed by atoms with E-state index in [0.29, 0.717) is 29.1 Å². The number of rotatable bonds is 4. The zero-order chi connectivity index (χ0) is 17.1. The van der Waals surface area contributed by atoms with Crippen LogP contribution in [0.4, 0.5) is 4.39 Å². The van der Waals surface area contributed by atoms with Crippen LogP contribution in [0.15, 0.2) is 69.4 Å². The van der Waals surface area contributed by atoms with E-state index < -0.39 is 5.63 Å². The molecule has 0 spiro atoms. The van der Waals surface area contributed by atoms with Crippen molar-refractivity contribution < 1.29 is 13.5 Å². The summed E-state index contributed by atoms with van der Waals surface area (Å²) in [5, 5.41) is 0.781. The first-order valence-electron chi connectivity index (χ1n) is 7.63. The summed E-state index contributed by atoms with van der Waals surface area (Å²) >= 11 is 0. The summed E-state index contributed by atoms with van der Waals surface area (Å²) in [6.07, 6.45) is 1.97. The second kappa shape index (κ2) is 6.71. The molecule has 4 heteroatoms. The Balaban J connectivity index is 1.96. The maximum Gasteiger partial charge on any atom is 0.344 e. The molecule has 24 heavy (non-hydrogen) atoms. The quantitative estimate of drug-likeness (QED) is 0.504. The number of benzene rings is 2. The maximum atomic E-state index is 13.0. The van der Waals surface area contributed by atoms with Gasteiger partial charge in [0.2, 0.25) is 0 Å². The first-order valence-corrected chi connectivity index (χ1v) is 7.63. The lowest BCUT2D eigenvalue weighted by Gasteiger charge is -2.06. The van der Waals surface area contributed by atoms with Gasteiger partial charge in [-0.2, -0.15) is 0 Å². The highest BCUT2D eigenvalue weighted by atomic mass is 19.1. The summed E-state index contributed by atoms with van der Waals surface area (Å²) in [6.45, 7) is 4.46.